The quantitative estimate of drug-likeness (QED) is 0.791. The highest BCUT2D eigenvalue weighted by Crippen LogP contribution is 2.05. The molecule has 1 aromatic heterocycles. The molecule has 1 rings (SSSR count). The van der Waals surface area contributed by atoms with Crippen LogP contribution in [0.25, 0.3) is 0 Å². The molecular formula is C10H14ClN3O3. The smallest absolute Gasteiger partial charge is 0.274 e. The number of aromatic nitrogens is 2. The summed E-state index contributed by atoms with van der Waals surface area (Å²) in [5.74, 6) is -0.328. The Morgan fingerprint density at radius 3 is 2.88 bits per heavy atom. The van der Waals surface area contributed by atoms with Crippen molar-refractivity contribution in [1.82, 2.24) is 14.9 Å². The first kappa shape index (κ1) is 13.8. The van der Waals surface area contributed by atoms with Crippen LogP contribution < -0.4 is 0 Å². The summed E-state index contributed by atoms with van der Waals surface area (Å²) in [5, 5.41) is 9.05. The van der Waals surface area contributed by atoms with Crippen LogP contribution in [-0.4, -0.2) is 59.3 Å². The van der Waals surface area contributed by atoms with Gasteiger partial charge in [-0.25, -0.2) is 4.98 Å². The van der Waals surface area contributed by atoms with E-state index in [1.165, 1.54) is 17.3 Å². The number of hydrogen-bond acceptors (Lipinski definition) is 5. The predicted molar refractivity (Wildman–Crippen MR) is 61.9 cm³/mol. The number of rotatable bonds is 6. The minimum atomic E-state index is -0.328. The molecular weight excluding hydrogens is 246 g/mol. The Morgan fingerprint density at radius 2 is 2.29 bits per heavy atom. The molecule has 0 fully saturated rings. The number of methoxy groups -OCH3 is 1. The molecule has 0 spiro atoms. The maximum Gasteiger partial charge on any atom is 0.274 e. The third kappa shape index (κ3) is 4.26. The molecule has 1 heterocycles. The molecule has 0 radical (unpaired) electrons. The molecule has 0 atom stereocenters. The molecule has 1 amide bonds. The van der Waals surface area contributed by atoms with Crippen LogP contribution in [-0.2, 0) is 4.74 Å². The lowest BCUT2D eigenvalue weighted by Gasteiger charge is -2.20. The van der Waals surface area contributed by atoms with Crippen LogP contribution in [0.15, 0.2) is 12.4 Å². The number of carbonyl (C=O) groups is 1. The highest BCUT2D eigenvalue weighted by Gasteiger charge is 2.16. The lowest BCUT2D eigenvalue weighted by Crippen LogP contribution is -2.36. The lowest BCUT2D eigenvalue weighted by molar-refractivity contribution is 0.0650. The molecule has 0 unspecified atom stereocenters. The van der Waals surface area contributed by atoms with Crippen LogP contribution in [0.4, 0.5) is 0 Å². The number of ether oxygens (including phenoxy) is 1. The maximum absolute atomic E-state index is 12.0. The van der Waals surface area contributed by atoms with Crippen molar-refractivity contribution < 1.29 is 14.6 Å². The van der Waals surface area contributed by atoms with Gasteiger partial charge in [-0.2, -0.15) is 0 Å². The minimum Gasteiger partial charge on any atom is -0.395 e. The number of aliphatic hydroxyl groups excluding tert-OH is 1. The maximum atomic E-state index is 12.0. The van der Waals surface area contributed by atoms with E-state index in [1.54, 1.807) is 7.11 Å². The summed E-state index contributed by atoms with van der Waals surface area (Å²) in [7, 11) is 1.54. The van der Waals surface area contributed by atoms with Crippen molar-refractivity contribution in [3.8, 4) is 0 Å². The third-order valence-corrected chi connectivity index (χ3v) is 2.23. The first-order valence-corrected chi connectivity index (χ1v) is 5.43. The predicted octanol–water partition coefficient (Wildman–Crippen LogP) is 0.211. The third-order valence-electron chi connectivity index (χ3n) is 2.05. The second-order valence-corrected chi connectivity index (χ2v) is 3.62. The van der Waals surface area contributed by atoms with E-state index in [2.05, 4.69) is 9.97 Å². The molecule has 0 aliphatic heterocycles. The Labute approximate surface area is 104 Å². The standard InChI is InChI=1S/C10H14ClN3O3/c1-17-5-3-14(2-4-15)10(16)8-6-12-7-9(11)13-8/h6-7,15H,2-5H2,1H3. The van der Waals surface area contributed by atoms with Crippen molar-refractivity contribution in [2.45, 2.75) is 0 Å². The van der Waals surface area contributed by atoms with Gasteiger partial charge in [0.15, 0.2) is 0 Å². The van der Waals surface area contributed by atoms with Crippen molar-refractivity contribution in [2.24, 2.45) is 0 Å². The SMILES string of the molecule is COCCN(CCO)C(=O)c1cncc(Cl)n1. The van der Waals surface area contributed by atoms with E-state index in [-0.39, 0.29) is 29.9 Å². The fraction of sp³-hybridized carbons (Fsp3) is 0.500. The molecule has 94 valence electrons. The summed E-state index contributed by atoms with van der Waals surface area (Å²) in [5.41, 5.74) is 0.155. The number of carbonyl (C=O) groups excluding carboxylic acids is 1. The average molecular weight is 260 g/mol. The van der Waals surface area contributed by atoms with Gasteiger partial charge in [-0.3, -0.25) is 9.78 Å². The number of aliphatic hydroxyl groups is 1. The van der Waals surface area contributed by atoms with Crippen molar-refractivity contribution in [3.05, 3.63) is 23.2 Å². The Balaban J connectivity index is 2.76. The highest BCUT2D eigenvalue weighted by molar-refractivity contribution is 6.29. The first-order chi connectivity index (χ1) is 8.19. The van der Waals surface area contributed by atoms with E-state index in [4.69, 9.17) is 21.4 Å². The summed E-state index contributed by atoms with van der Waals surface area (Å²) in [4.78, 5) is 21.1. The fourth-order valence-electron chi connectivity index (χ4n) is 1.24. The van der Waals surface area contributed by atoms with Crippen LogP contribution in [0.1, 0.15) is 10.5 Å². The Hall–Kier alpha value is -1.24. The van der Waals surface area contributed by atoms with E-state index in [9.17, 15) is 4.79 Å². The summed E-state index contributed by atoms with van der Waals surface area (Å²) in [6.45, 7) is 0.865. The molecule has 0 aliphatic rings. The van der Waals surface area contributed by atoms with Crippen LogP contribution in [0.3, 0.4) is 0 Å². The van der Waals surface area contributed by atoms with E-state index in [0.29, 0.717) is 13.2 Å². The molecule has 17 heavy (non-hydrogen) atoms. The number of halogens is 1. The molecule has 0 saturated carbocycles. The van der Waals surface area contributed by atoms with E-state index in [0.717, 1.165) is 0 Å². The molecule has 6 nitrogen and oxygen atoms in total. The second kappa shape index (κ2) is 7.16. The van der Waals surface area contributed by atoms with Crippen LogP contribution in [0, 0.1) is 0 Å². The first-order valence-electron chi connectivity index (χ1n) is 5.05. The van der Waals surface area contributed by atoms with Gasteiger partial charge in [0.05, 0.1) is 25.6 Å². The van der Waals surface area contributed by atoms with Gasteiger partial charge in [0.1, 0.15) is 10.8 Å². The summed E-state index contributed by atoms with van der Waals surface area (Å²) < 4.78 is 4.89. The number of amides is 1. The lowest BCUT2D eigenvalue weighted by atomic mass is 10.3. The summed E-state index contributed by atoms with van der Waals surface area (Å²) in [6, 6.07) is 0. The van der Waals surface area contributed by atoms with Crippen molar-refractivity contribution in [3.63, 3.8) is 0 Å². The van der Waals surface area contributed by atoms with Crippen molar-refractivity contribution in [2.75, 3.05) is 33.4 Å². The van der Waals surface area contributed by atoms with Gasteiger partial charge in [0.2, 0.25) is 0 Å². The van der Waals surface area contributed by atoms with E-state index >= 15 is 0 Å². The molecule has 1 N–H and O–H groups in total. The van der Waals surface area contributed by atoms with Gasteiger partial charge < -0.3 is 14.7 Å². The number of hydrogen-bond donors (Lipinski definition) is 1. The van der Waals surface area contributed by atoms with Gasteiger partial charge in [-0.05, 0) is 0 Å². The Morgan fingerprint density at radius 1 is 1.53 bits per heavy atom. The van der Waals surface area contributed by atoms with E-state index in [1.807, 2.05) is 0 Å². The highest BCUT2D eigenvalue weighted by atomic mass is 35.5. The molecule has 0 saturated heterocycles. The average Bonchev–Trinajstić information content (AvgIpc) is 2.33. The van der Waals surface area contributed by atoms with Gasteiger partial charge in [0.25, 0.3) is 5.91 Å². The zero-order chi connectivity index (χ0) is 12.7. The molecule has 1 aromatic rings. The molecule has 0 aliphatic carbocycles. The van der Waals surface area contributed by atoms with Gasteiger partial charge >= 0.3 is 0 Å². The number of nitrogens with zero attached hydrogens (tertiary/aromatic N) is 3. The fourth-order valence-corrected chi connectivity index (χ4v) is 1.39. The zero-order valence-electron chi connectivity index (χ0n) is 9.47. The zero-order valence-corrected chi connectivity index (χ0v) is 10.2. The largest absolute Gasteiger partial charge is 0.395 e. The van der Waals surface area contributed by atoms with Crippen molar-refractivity contribution in [1.29, 1.82) is 0 Å². The van der Waals surface area contributed by atoms with Crippen LogP contribution >= 0.6 is 11.6 Å². The second-order valence-electron chi connectivity index (χ2n) is 3.24. The van der Waals surface area contributed by atoms with E-state index < -0.39 is 0 Å². The molecule has 7 heteroatoms. The van der Waals surface area contributed by atoms with Gasteiger partial charge in [0, 0.05) is 20.2 Å². The van der Waals surface area contributed by atoms with Crippen LogP contribution in [0.2, 0.25) is 5.15 Å². The molecule has 0 aromatic carbocycles. The van der Waals surface area contributed by atoms with Gasteiger partial charge in [-0.1, -0.05) is 11.6 Å². The van der Waals surface area contributed by atoms with Crippen LogP contribution in [0.5, 0.6) is 0 Å². The monoisotopic (exact) mass is 259 g/mol. The van der Waals surface area contributed by atoms with Gasteiger partial charge in [-0.15, -0.1) is 0 Å². The Bertz CT molecular complexity index is 376. The van der Waals surface area contributed by atoms with Crippen molar-refractivity contribution >= 4 is 17.5 Å². The normalized spacial score (nSPS) is 10.3. The topological polar surface area (TPSA) is 75.6 Å². The summed E-state index contributed by atoms with van der Waals surface area (Å²) >= 11 is 5.66. The Kier molecular flexibility index (Phi) is 5.82. The molecule has 0 bridgehead atoms. The summed E-state index contributed by atoms with van der Waals surface area (Å²) in [6.07, 6.45) is 2.69. The minimum absolute atomic E-state index is 0.122.